The first-order chi connectivity index (χ1) is 10.2. The van der Waals surface area contributed by atoms with Crippen LogP contribution in [0, 0.1) is 6.92 Å². The van der Waals surface area contributed by atoms with Crippen LogP contribution >= 0.6 is 11.8 Å². The molecule has 0 heterocycles. The summed E-state index contributed by atoms with van der Waals surface area (Å²) < 4.78 is 5.51. The molecule has 0 amide bonds. The van der Waals surface area contributed by atoms with E-state index in [1.54, 1.807) is 11.8 Å². The number of hydrogen-bond acceptors (Lipinski definition) is 3. The molecule has 0 aliphatic heterocycles. The number of hydrogen-bond donors (Lipinski definition) is 0. The summed E-state index contributed by atoms with van der Waals surface area (Å²) in [5, 5.41) is 0. The zero-order chi connectivity index (χ0) is 15.1. The summed E-state index contributed by atoms with van der Waals surface area (Å²) in [6.45, 7) is 4.58. The van der Waals surface area contributed by atoms with Gasteiger partial charge >= 0.3 is 0 Å². The number of thioether (sulfide) groups is 1. The van der Waals surface area contributed by atoms with Crippen LogP contribution in [0.25, 0.3) is 0 Å². The number of benzene rings is 2. The number of ether oxygens (including phenoxy) is 1. The van der Waals surface area contributed by atoms with E-state index in [-0.39, 0.29) is 5.78 Å². The summed E-state index contributed by atoms with van der Waals surface area (Å²) in [7, 11) is 0. The Hall–Kier alpha value is -1.74. The maximum Gasteiger partial charge on any atom is 0.176 e. The topological polar surface area (TPSA) is 26.3 Å². The summed E-state index contributed by atoms with van der Waals surface area (Å²) in [6.07, 6.45) is 0. The van der Waals surface area contributed by atoms with Crippen LogP contribution in [0.4, 0.5) is 0 Å². The molecule has 3 heteroatoms. The zero-order valence-corrected chi connectivity index (χ0v) is 13.3. The van der Waals surface area contributed by atoms with Crippen LogP contribution in [0.3, 0.4) is 0 Å². The molecule has 0 aliphatic rings. The summed E-state index contributed by atoms with van der Waals surface area (Å²) in [4.78, 5) is 12.3. The van der Waals surface area contributed by atoms with Crippen LogP contribution in [0.5, 0.6) is 5.75 Å². The van der Waals surface area contributed by atoms with Crippen molar-refractivity contribution in [2.45, 2.75) is 19.6 Å². The molecule has 0 fully saturated rings. The first-order valence-corrected chi connectivity index (χ1v) is 8.24. The molecule has 0 spiro atoms. The summed E-state index contributed by atoms with van der Waals surface area (Å²) >= 11 is 1.64. The fraction of sp³-hybridized carbons (Fsp3) is 0.278. The van der Waals surface area contributed by atoms with Crippen LogP contribution in [0.2, 0.25) is 0 Å². The van der Waals surface area contributed by atoms with Crippen molar-refractivity contribution in [3.05, 3.63) is 65.2 Å². The number of carbonyl (C=O) groups is 1. The Balaban J connectivity index is 1.93. The van der Waals surface area contributed by atoms with Crippen LogP contribution in [0.15, 0.2) is 48.5 Å². The quantitative estimate of drug-likeness (QED) is 0.704. The van der Waals surface area contributed by atoms with E-state index in [1.807, 2.05) is 31.2 Å². The Labute approximate surface area is 130 Å². The van der Waals surface area contributed by atoms with Crippen LogP contribution in [0.1, 0.15) is 28.4 Å². The summed E-state index contributed by atoms with van der Waals surface area (Å²) in [6, 6.07) is 15.8. The van der Waals surface area contributed by atoms with E-state index >= 15 is 0 Å². The molecule has 0 atom stereocenters. The molecule has 0 aromatic heterocycles. The van der Waals surface area contributed by atoms with Gasteiger partial charge in [-0.15, -0.1) is 11.8 Å². The summed E-state index contributed by atoms with van der Waals surface area (Å²) in [5.41, 5.74) is 3.18. The molecule has 21 heavy (non-hydrogen) atoms. The lowest BCUT2D eigenvalue weighted by Gasteiger charge is -2.09. The molecular weight excluding hydrogens is 280 g/mol. The monoisotopic (exact) mass is 300 g/mol. The van der Waals surface area contributed by atoms with Gasteiger partial charge in [0.1, 0.15) is 5.75 Å². The highest BCUT2D eigenvalue weighted by molar-refractivity contribution is 7.99. The normalized spacial score (nSPS) is 10.4. The number of carbonyl (C=O) groups excluding carboxylic acids is 1. The van der Waals surface area contributed by atoms with Gasteiger partial charge in [-0.1, -0.05) is 42.0 Å². The second kappa shape index (κ2) is 7.89. The van der Waals surface area contributed by atoms with Crippen molar-refractivity contribution in [2.75, 3.05) is 12.4 Å². The Kier molecular flexibility index (Phi) is 5.88. The first kappa shape index (κ1) is 15.6. The van der Waals surface area contributed by atoms with E-state index in [9.17, 15) is 4.79 Å². The van der Waals surface area contributed by atoms with Gasteiger partial charge < -0.3 is 4.74 Å². The van der Waals surface area contributed by atoms with Crippen LogP contribution in [-0.2, 0) is 5.75 Å². The first-order valence-electron chi connectivity index (χ1n) is 7.09. The molecule has 110 valence electrons. The van der Waals surface area contributed by atoms with Gasteiger partial charge in [0.25, 0.3) is 0 Å². The van der Waals surface area contributed by atoms with Crippen molar-refractivity contribution >= 4 is 17.5 Å². The lowest BCUT2D eigenvalue weighted by molar-refractivity contribution is 0.101. The van der Waals surface area contributed by atoms with Gasteiger partial charge in [0.05, 0.1) is 17.9 Å². The highest BCUT2D eigenvalue weighted by atomic mass is 32.2. The van der Waals surface area contributed by atoms with E-state index < -0.39 is 0 Å². The second-order valence-electron chi connectivity index (χ2n) is 4.83. The smallest absolute Gasteiger partial charge is 0.176 e. The van der Waals surface area contributed by atoms with Crippen molar-refractivity contribution in [1.29, 1.82) is 0 Å². The second-order valence-corrected chi connectivity index (χ2v) is 5.82. The minimum absolute atomic E-state index is 0.122. The fourth-order valence-electron chi connectivity index (χ4n) is 2.12. The molecular formula is C18H20O2S. The van der Waals surface area contributed by atoms with E-state index in [4.69, 9.17) is 4.74 Å². The Morgan fingerprint density at radius 2 is 1.95 bits per heavy atom. The van der Waals surface area contributed by atoms with E-state index in [1.165, 1.54) is 11.1 Å². The molecule has 0 radical (unpaired) electrons. The average Bonchev–Trinajstić information content (AvgIpc) is 2.48. The lowest BCUT2D eigenvalue weighted by atomic mass is 10.1. The Bertz CT molecular complexity index is 608. The minimum atomic E-state index is 0.122. The number of rotatable bonds is 7. The predicted molar refractivity (Wildman–Crippen MR) is 89.3 cm³/mol. The van der Waals surface area contributed by atoms with Crippen molar-refractivity contribution < 1.29 is 9.53 Å². The summed E-state index contributed by atoms with van der Waals surface area (Å²) in [5.74, 6) is 2.13. The van der Waals surface area contributed by atoms with Gasteiger partial charge in [0.2, 0.25) is 0 Å². The van der Waals surface area contributed by atoms with Crippen LogP contribution < -0.4 is 4.74 Å². The number of ketones is 1. The Morgan fingerprint density at radius 1 is 1.14 bits per heavy atom. The third kappa shape index (κ3) is 4.64. The fourth-order valence-corrected chi connectivity index (χ4v) is 2.98. The van der Waals surface area contributed by atoms with Crippen LogP contribution in [-0.4, -0.2) is 18.1 Å². The largest absolute Gasteiger partial charge is 0.493 e. The highest BCUT2D eigenvalue weighted by Crippen LogP contribution is 2.21. The third-order valence-electron chi connectivity index (χ3n) is 3.07. The van der Waals surface area contributed by atoms with E-state index in [0.29, 0.717) is 23.7 Å². The van der Waals surface area contributed by atoms with Gasteiger partial charge in [0, 0.05) is 5.75 Å². The number of para-hydroxylation sites is 1. The third-order valence-corrected chi connectivity index (χ3v) is 4.08. The van der Waals surface area contributed by atoms with E-state index in [0.717, 1.165) is 5.75 Å². The molecule has 0 unspecified atom stereocenters. The SMILES string of the molecule is CCOc1ccccc1C(=O)CSCc1cccc(C)c1. The van der Waals surface area contributed by atoms with Gasteiger partial charge in [-0.25, -0.2) is 0 Å². The zero-order valence-electron chi connectivity index (χ0n) is 12.5. The van der Waals surface area contributed by atoms with Crippen molar-refractivity contribution in [3.63, 3.8) is 0 Å². The molecule has 0 bridgehead atoms. The maximum absolute atomic E-state index is 12.3. The number of aryl methyl sites for hydroxylation is 1. The Morgan fingerprint density at radius 3 is 2.71 bits per heavy atom. The average molecular weight is 300 g/mol. The molecule has 2 aromatic rings. The molecule has 0 saturated carbocycles. The van der Waals surface area contributed by atoms with Gasteiger partial charge in [0.15, 0.2) is 5.78 Å². The lowest BCUT2D eigenvalue weighted by Crippen LogP contribution is -2.06. The molecule has 2 nitrogen and oxygen atoms in total. The molecule has 0 saturated heterocycles. The molecule has 2 rings (SSSR count). The molecule has 0 N–H and O–H groups in total. The van der Waals surface area contributed by atoms with E-state index in [2.05, 4.69) is 31.2 Å². The highest BCUT2D eigenvalue weighted by Gasteiger charge is 2.11. The minimum Gasteiger partial charge on any atom is -0.493 e. The van der Waals surface area contributed by atoms with Crippen molar-refractivity contribution in [2.24, 2.45) is 0 Å². The maximum atomic E-state index is 12.3. The molecule has 2 aromatic carbocycles. The predicted octanol–water partition coefficient (Wildman–Crippen LogP) is 4.51. The standard InChI is InChI=1S/C18H20O2S/c1-3-20-18-10-5-4-9-16(18)17(19)13-21-12-15-8-6-7-14(2)11-15/h4-11H,3,12-13H2,1-2H3. The number of Topliss-reactive ketones (excluding diaryl/α,β-unsaturated/α-hetero) is 1. The van der Waals surface area contributed by atoms with Gasteiger partial charge in [-0.05, 0) is 31.5 Å². The molecule has 0 aliphatic carbocycles. The van der Waals surface area contributed by atoms with Crippen molar-refractivity contribution in [1.82, 2.24) is 0 Å². The van der Waals surface area contributed by atoms with Crippen molar-refractivity contribution in [3.8, 4) is 5.75 Å². The van der Waals surface area contributed by atoms with Gasteiger partial charge in [-0.2, -0.15) is 0 Å². The van der Waals surface area contributed by atoms with Gasteiger partial charge in [-0.3, -0.25) is 4.79 Å².